The van der Waals surface area contributed by atoms with E-state index in [1.807, 2.05) is 5.38 Å². The Morgan fingerprint density at radius 1 is 1.58 bits per heavy atom. The first-order valence-electron chi connectivity index (χ1n) is 5.36. The van der Waals surface area contributed by atoms with Gasteiger partial charge in [0.05, 0.1) is 12.1 Å². The van der Waals surface area contributed by atoms with Gasteiger partial charge in [0.2, 0.25) is 5.91 Å². The lowest BCUT2D eigenvalue weighted by molar-refractivity contribution is -0.136. The van der Waals surface area contributed by atoms with Crippen molar-refractivity contribution in [3.05, 3.63) is 28.5 Å². The third-order valence-corrected chi connectivity index (χ3v) is 3.32. The number of rotatable bonds is 5. The summed E-state index contributed by atoms with van der Waals surface area (Å²) in [6.45, 7) is 0.0898. The molecule has 1 amide bonds. The molecule has 2 N–H and O–H groups in total. The zero-order valence-electron chi connectivity index (χ0n) is 9.67. The average molecular weight is 300 g/mol. The number of fused-ring (bicyclic) bond motifs is 1. The molecule has 19 heavy (non-hydrogen) atoms. The summed E-state index contributed by atoms with van der Waals surface area (Å²) in [5.41, 5.74) is 0.617. The van der Waals surface area contributed by atoms with Crippen molar-refractivity contribution in [2.24, 2.45) is 0 Å². The highest BCUT2D eigenvalue weighted by atomic mass is 35.5. The Kier molecular flexibility index (Phi) is 4.18. The fraction of sp³-hybridized carbons (Fsp3) is 0.182. The molecule has 2 heterocycles. The molecule has 0 fully saturated rings. The summed E-state index contributed by atoms with van der Waals surface area (Å²) in [5.74, 6) is -1.33. The van der Waals surface area contributed by atoms with Crippen LogP contribution >= 0.6 is 22.9 Å². The third kappa shape index (κ3) is 3.33. The first kappa shape index (κ1) is 13.6. The molecule has 2 aromatic heterocycles. The predicted molar refractivity (Wildman–Crippen MR) is 72.4 cm³/mol. The summed E-state index contributed by atoms with van der Waals surface area (Å²) < 4.78 is 1.77. The van der Waals surface area contributed by atoms with Crippen molar-refractivity contribution >= 4 is 45.9 Å². The molecule has 8 heteroatoms. The lowest BCUT2D eigenvalue weighted by Gasteiger charge is -1.98. The Balaban J connectivity index is 2.01. The van der Waals surface area contributed by atoms with Crippen LogP contribution in [-0.2, 0) is 9.59 Å². The summed E-state index contributed by atoms with van der Waals surface area (Å²) in [5, 5.41) is 13.1. The second-order valence-corrected chi connectivity index (χ2v) is 4.84. The van der Waals surface area contributed by atoms with Gasteiger partial charge in [-0.3, -0.25) is 14.0 Å². The largest absolute Gasteiger partial charge is 0.481 e. The number of imidazole rings is 1. The number of nitrogens with one attached hydrogen (secondary N) is 1. The van der Waals surface area contributed by atoms with E-state index in [1.165, 1.54) is 17.4 Å². The van der Waals surface area contributed by atoms with Gasteiger partial charge in [-0.2, -0.15) is 0 Å². The van der Waals surface area contributed by atoms with Crippen LogP contribution < -0.4 is 5.32 Å². The zero-order chi connectivity index (χ0) is 13.8. The molecule has 0 saturated heterocycles. The van der Waals surface area contributed by atoms with Crippen molar-refractivity contribution in [2.75, 3.05) is 6.54 Å². The van der Waals surface area contributed by atoms with E-state index in [9.17, 15) is 9.59 Å². The summed E-state index contributed by atoms with van der Waals surface area (Å²) in [4.78, 5) is 26.6. The van der Waals surface area contributed by atoms with Gasteiger partial charge in [-0.15, -0.1) is 11.3 Å². The average Bonchev–Trinajstić information content (AvgIpc) is 2.87. The second kappa shape index (κ2) is 5.85. The van der Waals surface area contributed by atoms with Gasteiger partial charge in [0, 0.05) is 24.2 Å². The van der Waals surface area contributed by atoms with Crippen molar-refractivity contribution < 1.29 is 14.7 Å². The standard InChI is InChI=1S/C11H10ClN3O3S/c12-10-7(15-5-6-19-11(15)14-10)1-2-8(16)13-4-3-9(17)18/h1-2,5-6H,3-4H2,(H,13,16)(H,17,18)/b2-1-. The predicted octanol–water partition coefficient (Wildman–Crippen LogP) is 1.65. The van der Waals surface area contributed by atoms with E-state index in [2.05, 4.69) is 10.3 Å². The Labute approximate surface area is 117 Å². The van der Waals surface area contributed by atoms with Crippen LogP contribution in [0.1, 0.15) is 12.1 Å². The van der Waals surface area contributed by atoms with Gasteiger partial charge in [0.25, 0.3) is 0 Å². The summed E-state index contributed by atoms with van der Waals surface area (Å²) in [7, 11) is 0. The summed E-state index contributed by atoms with van der Waals surface area (Å²) >= 11 is 7.39. The van der Waals surface area contributed by atoms with Gasteiger partial charge in [0.15, 0.2) is 10.1 Å². The molecule has 2 rings (SSSR count). The zero-order valence-corrected chi connectivity index (χ0v) is 11.2. The highest BCUT2D eigenvalue weighted by Crippen LogP contribution is 2.22. The van der Waals surface area contributed by atoms with E-state index in [-0.39, 0.29) is 18.9 Å². The molecule has 0 unspecified atom stereocenters. The molecule has 0 atom stereocenters. The van der Waals surface area contributed by atoms with Crippen molar-refractivity contribution in [3.8, 4) is 0 Å². The minimum atomic E-state index is -0.955. The van der Waals surface area contributed by atoms with Gasteiger partial charge >= 0.3 is 5.97 Å². The van der Waals surface area contributed by atoms with E-state index in [0.29, 0.717) is 10.8 Å². The number of aliphatic carboxylic acids is 1. The van der Waals surface area contributed by atoms with Crippen molar-refractivity contribution in [2.45, 2.75) is 6.42 Å². The quantitative estimate of drug-likeness (QED) is 0.822. The van der Waals surface area contributed by atoms with Crippen LogP contribution in [0.15, 0.2) is 17.7 Å². The van der Waals surface area contributed by atoms with E-state index < -0.39 is 5.97 Å². The SMILES string of the molecule is O=C(O)CCNC(=O)/C=C\c1c(Cl)nc2sccn12. The van der Waals surface area contributed by atoms with Crippen molar-refractivity contribution in [3.63, 3.8) is 0 Å². The number of halogens is 1. The fourth-order valence-corrected chi connectivity index (χ4v) is 2.44. The summed E-state index contributed by atoms with van der Waals surface area (Å²) in [6.07, 6.45) is 4.54. The highest BCUT2D eigenvalue weighted by molar-refractivity contribution is 7.15. The fourth-order valence-electron chi connectivity index (χ4n) is 1.43. The van der Waals surface area contributed by atoms with Gasteiger partial charge in [0.1, 0.15) is 0 Å². The Morgan fingerprint density at radius 2 is 2.37 bits per heavy atom. The van der Waals surface area contributed by atoms with Gasteiger partial charge < -0.3 is 10.4 Å². The number of amides is 1. The van der Waals surface area contributed by atoms with Gasteiger partial charge in [-0.1, -0.05) is 11.6 Å². The molecular formula is C11H10ClN3O3S. The van der Waals surface area contributed by atoms with Gasteiger partial charge in [-0.05, 0) is 6.08 Å². The number of hydrogen-bond acceptors (Lipinski definition) is 4. The van der Waals surface area contributed by atoms with Crippen LogP contribution in [0.4, 0.5) is 0 Å². The number of carbonyl (C=O) groups is 2. The van der Waals surface area contributed by atoms with Crippen LogP contribution in [0.2, 0.25) is 5.15 Å². The van der Waals surface area contributed by atoms with E-state index in [1.54, 1.807) is 16.7 Å². The molecule has 2 aromatic rings. The lowest BCUT2D eigenvalue weighted by atomic mass is 10.3. The Bertz CT molecular complexity index is 647. The van der Waals surface area contributed by atoms with Crippen LogP contribution in [0.3, 0.4) is 0 Å². The maximum atomic E-state index is 11.4. The number of hydrogen-bond donors (Lipinski definition) is 2. The van der Waals surface area contributed by atoms with Crippen molar-refractivity contribution in [1.29, 1.82) is 0 Å². The minimum absolute atomic E-state index is 0.0898. The molecule has 6 nitrogen and oxygen atoms in total. The number of nitrogens with zero attached hydrogens (tertiary/aromatic N) is 2. The number of aromatic nitrogens is 2. The molecule has 100 valence electrons. The van der Waals surface area contributed by atoms with Crippen LogP contribution in [0.5, 0.6) is 0 Å². The smallest absolute Gasteiger partial charge is 0.305 e. The minimum Gasteiger partial charge on any atom is -0.481 e. The molecule has 0 aliphatic rings. The maximum absolute atomic E-state index is 11.4. The van der Waals surface area contributed by atoms with E-state index in [4.69, 9.17) is 16.7 Å². The monoisotopic (exact) mass is 299 g/mol. The normalized spacial score (nSPS) is 11.2. The van der Waals surface area contributed by atoms with E-state index in [0.717, 1.165) is 4.96 Å². The van der Waals surface area contributed by atoms with Crippen LogP contribution in [0.25, 0.3) is 11.0 Å². The van der Waals surface area contributed by atoms with E-state index >= 15 is 0 Å². The molecule has 0 aromatic carbocycles. The Morgan fingerprint density at radius 3 is 3.11 bits per heavy atom. The maximum Gasteiger partial charge on any atom is 0.305 e. The number of carboxylic acid groups (broad SMARTS) is 1. The highest BCUT2D eigenvalue weighted by Gasteiger charge is 2.08. The summed E-state index contributed by atoms with van der Waals surface area (Å²) in [6, 6.07) is 0. The molecule has 0 bridgehead atoms. The first-order valence-corrected chi connectivity index (χ1v) is 6.62. The second-order valence-electron chi connectivity index (χ2n) is 3.61. The lowest BCUT2D eigenvalue weighted by Crippen LogP contribution is -2.23. The van der Waals surface area contributed by atoms with Crippen LogP contribution in [-0.4, -0.2) is 32.9 Å². The van der Waals surface area contributed by atoms with Crippen LogP contribution in [0, 0.1) is 0 Å². The molecule has 0 aliphatic heterocycles. The Hall–Kier alpha value is -1.86. The number of carbonyl (C=O) groups excluding carboxylic acids is 1. The first-order chi connectivity index (χ1) is 9.08. The van der Waals surface area contributed by atoms with Gasteiger partial charge in [-0.25, -0.2) is 4.98 Å². The molecule has 0 saturated carbocycles. The number of thiazole rings is 1. The number of carboxylic acids is 1. The molecular weight excluding hydrogens is 290 g/mol. The third-order valence-electron chi connectivity index (χ3n) is 2.28. The molecule has 0 aliphatic carbocycles. The molecule has 0 radical (unpaired) electrons. The molecule has 0 spiro atoms. The topological polar surface area (TPSA) is 83.7 Å². The van der Waals surface area contributed by atoms with Crippen molar-refractivity contribution in [1.82, 2.24) is 14.7 Å².